The van der Waals surface area contributed by atoms with E-state index in [9.17, 15) is 27.6 Å². The number of alkyl halides is 2. The summed E-state index contributed by atoms with van der Waals surface area (Å²) in [5.74, 6) is -1.63. The first-order valence-corrected chi connectivity index (χ1v) is 7.97. The van der Waals surface area contributed by atoms with Gasteiger partial charge in [-0.2, -0.15) is 8.78 Å². The molecule has 0 spiro atoms. The summed E-state index contributed by atoms with van der Waals surface area (Å²) in [6.45, 7) is -0.635. The highest BCUT2D eigenvalue weighted by Gasteiger charge is 2.51. The molecule has 1 aromatic heterocycles. The summed E-state index contributed by atoms with van der Waals surface area (Å²) < 4.78 is 48.4. The number of nitrogens with zero attached hydrogens (tertiary/aromatic N) is 4. The zero-order valence-corrected chi connectivity index (χ0v) is 15.2. The van der Waals surface area contributed by atoms with Gasteiger partial charge in [0.1, 0.15) is 11.5 Å². The lowest BCUT2D eigenvalue weighted by Crippen LogP contribution is -2.52. The van der Waals surface area contributed by atoms with Crippen molar-refractivity contribution < 1.29 is 22.7 Å². The summed E-state index contributed by atoms with van der Waals surface area (Å²) >= 11 is 4.96. The molecular formula is C16H11F3N4O4S. The van der Waals surface area contributed by atoms with Crippen molar-refractivity contribution in [1.29, 1.82) is 0 Å². The number of ether oxygens (including phenoxy) is 1. The molecule has 146 valence electrons. The summed E-state index contributed by atoms with van der Waals surface area (Å²) in [6.07, 6.45) is 0.852. The number of amides is 1. The van der Waals surface area contributed by atoms with Gasteiger partial charge in [-0.15, -0.1) is 6.42 Å². The van der Waals surface area contributed by atoms with Gasteiger partial charge in [0.05, 0.1) is 12.2 Å². The average Bonchev–Trinajstić information content (AvgIpc) is 2.61. The molecule has 1 amide bonds. The van der Waals surface area contributed by atoms with E-state index >= 15 is 0 Å². The summed E-state index contributed by atoms with van der Waals surface area (Å²) in [5.41, 5.74) is -2.89. The van der Waals surface area contributed by atoms with Crippen molar-refractivity contribution in [1.82, 2.24) is 13.7 Å². The molecule has 0 aliphatic carbocycles. The van der Waals surface area contributed by atoms with Crippen LogP contribution >= 0.6 is 12.2 Å². The van der Waals surface area contributed by atoms with Gasteiger partial charge in [-0.25, -0.2) is 18.5 Å². The molecule has 0 fully saturated rings. The smallest absolute Gasteiger partial charge is 0.423 e. The molecule has 0 bridgehead atoms. The first kappa shape index (κ1) is 19.4. The summed E-state index contributed by atoms with van der Waals surface area (Å²) in [6, 6.07) is 1.33. The van der Waals surface area contributed by atoms with Crippen LogP contribution in [0.4, 0.5) is 18.9 Å². The summed E-state index contributed by atoms with van der Waals surface area (Å²) in [4.78, 5) is 37.8. The van der Waals surface area contributed by atoms with Gasteiger partial charge in [0.25, 0.3) is 0 Å². The number of terminal acetylenes is 1. The van der Waals surface area contributed by atoms with E-state index in [0.717, 1.165) is 15.2 Å². The van der Waals surface area contributed by atoms with Crippen LogP contribution in [0.2, 0.25) is 0 Å². The van der Waals surface area contributed by atoms with Crippen molar-refractivity contribution in [3.05, 3.63) is 43.7 Å². The van der Waals surface area contributed by atoms with Crippen LogP contribution in [0.3, 0.4) is 0 Å². The minimum Gasteiger partial charge on any atom is -0.423 e. The molecule has 1 aromatic carbocycles. The van der Waals surface area contributed by atoms with E-state index < -0.39 is 52.9 Å². The topological polar surface area (TPSA) is 78.5 Å². The van der Waals surface area contributed by atoms with Crippen LogP contribution in [0.15, 0.2) is 21.7 Å². The molecular weight excluding hydrogens is 401 g/mol. The van der Waals surface area contributed by atoms with Crippen molar-refractivity contribution in [3.63, 3.8) is 0 Å². The van der Waals surface area contributed by atoms with Crippen LogP contribution in [0.1, 0.15) is 0 Å². The Bertz CT molecular complexity index is 1200. The SMILES string of the molecule is C#CCN1C(=O)C(F)(F)Oc2cc(F)cc(-n3c(=O)n(C)c(=S)n(C)c3=O)c21. The first-order chi connectivity index (χ1) is 13.0. The molecule has 0 atom stereocenters. The number of anilines is 1. The third kappa shape index (κ3) is 2.71. The van der Waals surface area contributed by atoms with Crippen LogP contribution < -0.4 is 21.0 Å². The quantitative estimate of drug-likeness (QED) is 0.536. The zero-order valence-electron chi connectivity index (χ0n) is 14.4. The molecule has 0 saturated carbocycles. The van der Waals surface area contributed by atoms with Crippen molar-refractivity contribution in [3.8, 4) is 23.8 Å². The lowest BCUT2D eigenvalue weighted by Gasteiger charge is -2.33. The Kier molecular flexibility index (Phi) is 4.43. The maximum Gasteiger partial charge on any atom is 0.483 e. The second-order valence-electron chi connectivity index (χ2n) is 5.79. The van der Waals surface area contributed by atoms with Gasteiger partial charge < -0.3 is 4.74 Å². The number of halogens is 3. The molecule has 0 saturated heterocycles. The van der Waals surface area contributed by atoms with E-state index in [1.54, 1.807) is 0 Å². The van der Waals surface area contributed by atoms with E-state index in [0.29, 0.717) is 15.5 Å². The number of hydrogen-bond donors (Lipinski definition) is 0. The van der Waals surface area contributed by atoms with Gasteiger partial charge >= 0.3 is 23.4 Å². The maximum atomic E-state index is 14.1. The second-order valence-corrected chi connectivity index (χ2v) is 6.15. The molecule has 8 nitrogen and oxygen atoms in total. The van der Waals surface area contributed by atoms with Crippen molar-refractivity contribution >= 4 is 23.8 Å². The van der Waals surface area contributed by atoms with Gasteiger partial charge in [-0.05, 0) is 12.2 Å². The highest BCUT2D eigenvalue weighted by molar-refractivity contribution is 7.71. The van der Waals surface area contributed by atoms with Crippen LogP contribution in [-0.2, 0) is 18.9 Å². The maximum absolute atomic E-state index is 14.1. The highest BCUT2D eigenvalue weighted by atomic mass is 32.1. The Morgan fingerprint density at radius 3 is 2.29 bits per heavy atom. The predicted octanol–water partition coefficient (Wildman–Crippen LogP) is 0.695. The number of aromatic nitrogens is 3. The van der Waals surface area contributed by atoms with E-state index in [1.807, 2.05) is 5.92 Å². The fourth-order valence-corrected chi connectivity index (χ4v) is 2.90. The third-order valence-corrected chi connectivity index (χ3v) is 4.59. The molecule has 2 aromatic rings. The summed E-state index contributed by atoms with van der Waals surface area (Å²) in [7, 11) is 2.53. The first-order valence-electron chi connectivity index (χ1n) is 7.56. The van der Waals surface area contributed by atoms with Crippen molar-refractivity contribution in [2.75, 3.05) is 11.4 Å². The van der Waals surface area contributed by atoms with Crippen molar-refractivity contribution in [2.45, 2.75) is 6.11 Å². The van der Waals surface area contributed by atoms with E-state index in [-0.39, 0.29) is 4.77 Å². The van der Waals surface area contributed by atoms with Gasteiger partial charge in [0.2, 0.25) is 0 Å². The standard InChI is InChI=1S/C16H11F3N4O4S/c1-4-5-22-11-9(23-13(25)20(2)15(28)21(3)14(23)26)6-8(17)7-10(11)27-16(18,19)12(22)24/h1,6-7H,5H2,2-3H3. The van der Waals surface area contributed by atoms with Crippen LogP contribution in [-0.4, -0.2) is 32.3 Å². The molecule has 2 heterocycles. The fraction of sp³-hybridized carbons (Fsp3) is 0.250. The number of rotatable bonds is 2. The molecule has 0 unspecified atom stereocenters. The average molecular weight is 412 g/mol. The number of benzene rings is 1. The largest absolute Gasteiger partial charge is 0.483 e. The Balaban J connectivity index is 2.49. The lowest BCUT2D eigenvalue weighted by molar-refractivity contribution is -0.192. The van der Waals surface area contributed by atoms with Gasteiger partial charge in [0.15, 0.2) is 10.5 Å². The van der Waals surface area contributed by atoms with Crippen LogP contribution in [0.5, 0.6) is 5.75 Å². The second kappa shape index (κ2) is 6.38. The fourth-order valence-electron chi connectivity index (χ4n) is 2.74. The van der Waals surface area contributed by atoms with Crippen molar-refractivity contribution in [2.24, 2.45) is 14.1 Å². The highest BCUT2D eigenvalue weighted by Crippen LogP contribution is 2.43. The minimum atomic E-state index is -4.31. The van der Waals surface area contributed by atoms with E-state index in [1.165, 1.54) is 14.1 Å². The molecule has 1 aliphatic heterocycles. The zero-order chi connectivity index (χ0) is 21.0. The number of carbonyl (C=O) groups excluding carboxylic acids is 1. The minimum absolute atomic E-state index is 0.129. The number of hydrogen-bond acceptors (Lipinski definition) is 5. The Morgan fingerprint density at radius 2 is 1.75 bits per heavy atom. The molecule has 0 radical (unpaired) electrons. The normalized spacial score (nSPS) is 15.0. The monoisotopic (exact) mass is 412 g/mol. The Morgan fingerprint density at radius 1 is 1.18 bits per heavy atom. The van der Waals surface area contributed by atoms with Gasteiger partial charge in [-0.3, -0.25) is 18.8 Å². The molecule has 3 rings (SSSR count). The Labute approximate surface area is 160 Å². The van der Waals surface area contributed by atoms with E-state index in [4.69, 9.17) is 18.6 Å². The van der Waals surface area contributed by atoms with Gasteiger partial charge in [-0.1, -0.05) is 5.92 Å². The lowest BCUT2D eigenvalue weighted by atomic mass is 10.1. The van der Waals surface area contributed by atoms with Gasteiger partial charge in [0, 0.05) is 26.2 Å². The number of fused-ring (bicyclic) bond motifs is 1. The Hall–Kier alpha value is -3.33. The number of carbonyl (C=O) groups is 1. The third-order valence-electron chi connectivity index (χ3n) is 4.04. The van der Waals surface area contributed by atoms with Crippen LogP contribution in [0.25, 0.3) is 5.69 Å². The predicted molar refractivity (Wildman–Crippen MR) is 93.8 cm³/mol. The van der Waals surface area contributed by atoms with E-state index in [2.05, 4.69) is 4.74 Å². The summed E-state index contributed by atoms with van der Waals surface area (Å²) in [5, 5.41) is 0. The molecule has 28 heavy (non-hydrogen) atoms. The molecule has 12 heteroatoms. The molecule has 0 N–H and O–H groups in total. The molecule has 1 aliphatic rings. The van der Waals surface area contributed by atoms with Crippen LogP contribution in [0, 0.1) is 22.9 Å².